The van der Waals surface area contributed by atoms with E-state index < -0.39 is 0 Å². The molecule has 3 atom stereocenters. The van der Waals surface area contributed by atoms with Crippen LogP contribution in [0.1, 0.15) is 48.7 Å². The van der Waals surface area contributed by atoms with Crippen LogP contribution in [0.4, 0.5) is 11.9 Å². The molecule has 3 N–H and O–H groups in total. The van der Waals surface area contributed by atoms with Gasteiger partial charge < -0.3 is 15.7 Å². The fraction of sp³-hybridized carbons (Fsp3) is 0.526. The number of hydrogen-bond donors (Lipinski definition) is 3. The summed E-state index contributed by atoms with van der Waals surface area (Å²) in [5.41, 5.74) is 2.75. The summed E-state index contributed by atoms with van der Waals surface area (Å²) >= 11 is 0. The predicted octanol–water partition coefficient (Wildman–Crippen LogP) is 2.85. The molecular formula is C19H25N5O. The lowest BCUT2D eigenvalue weighted by Crippen LogP contribution is -2.20. The van der Waals surface area contributed by atoms with Crippen LogP contribution in [0.2, 0.25) is 0 Å². The Labute approximate surface area is 148 Å². The second-order valence-electron chi connectivity index (χ2n) is 7.17. The minimum Gasteiger partial charge on any atom is -0.396 e. The Morgan fingerprint density at radius 1 is 1.04 bits per heavy atom. The molecule has 1 saturated carbocycles. The van der Waals surface area contributed by atoms with Gasteiger partial charge in [0.25, 0.3) is 0 Å². The lowest BCUT2D eigenvalue weighted by molar-refractivity contribution is 0.229. The maximum atomic E-state index is 9.30. The number of aromatic nitrogens is 3. The zero-order chi connectivity index (χ0) is 17.2. The monoisotopic (exact) mass is 339 g/mol. The van der Waals surface area contributed by atoms with E-state index in [1.165, 1.54) is 11.1 Å². The Morgan fingerprint density at radius 2 is 1.84 bits per heavy atom. The molecular weight excluding hydrogens is 314 g/mol. The number of rotatable bonds is 5. The van der Waals surface area contributed by atoms with E-state index in [0.29, 0.717) is 29.7 Å². The first-order valence-electron chi connectivity index (χ1n) is 9.15. The molecule has 6 nitrogen and oxygen atoms in total. The largest absolute Gasteiger partial charge is 0.396 e. The SMILES string of the molecule is Cc1nc(N[C@H]2CC[C@@H](CO)C2)nc(N[C@H]2CCc3ccccc32)n1. The number of nitrogens with one attached hydrogen (secondary N) is 2. The van der Waals surface area contributed by atoms with Gasteiger partial charge in [-0.05, 0) is 56.1 Å². The molecule has 1 fully saturated rings. The van der Waals surface area contributed by atoms with Crippen molar-refractivity contribution in [3.63, 3.8) is 0 Å². The predicted molar refractivity (Wildman–Crippen MR) is 97.5 cm³/mol. The molecule has 0 amide bonds. The first kappa shape index (κ1) is 16.3. The topological polar surface area (TPSA) is 83.0 Å². The summed E-state index contributed by atoms with van der Waals surface area (Å²) in [4.78, 5) is 13.5. The summed E-state index contributed by atoms with van der Waals surface area (Å²) in [5, 5.41) is 16.2. The number of nitrogens with zero attached hydrogens (tertiary/aromatic N) is 3. The summed E-state index contributed by atoms with van der Waals surface area (Å²) in [5.74, 6) is 2.37. The van der Waals surface area contributed by atoms with E-state index in [2.05, 4.69) is 49.9 Å². The fourth-order valence-electron chi connectivity index (χ4n) is 4.03. The highest BCUT2D eigenvalue weighted by Crippen LogP contribution is 2.33. The van der Waals surface area contributed by atoms with Gasteiger partial charge >= 0.3 is 0 Å². The van der Waals surface area contributed by atoms with Crippen molar-refractivity contribution in [2.45, 2.75) is 51.1 Å². The minimum atomic E-state index is 0.260. The molecule has 0 aliphatic heterocycles. The van der Waals surface area contributed by atoms with Gasteiger partial charge in [-0.15, -0.1) is 0 Å². The van der Waals surface area contributed by atoms with E-state index in [1.54, 1.807) is 0 Å². The normalized spacial score (nSPS) is 25.0. The van der Waals surface area contributed by atoms with E-state index in [-0.39, 0.29) is 12.6 Å². The quantitative estimate of drug-likeness (QED) is 0.777. The fourth-order valence-corrected chi connectivity index (χ4v) is 4.03. The number of anilines is 2. The molecule has 0 unspecified atom stereocenters. The first-order valence-corrected chi connectivity index (χ1v) is 9.15. The van der Waals surface area contributed by atoms with Crippen LogP contribution in [0.5, 0.6) is 0 Å². The number of fused-ring (bicyclic) bond motifs is 1. The summed E-state index contributed by atoms with van der Waals surface area (Å²) in [6, 6.07) is 9.15. The zero-order valence-electron chi connectivity index (χ0n) is 14.6. The standard InChI is InChI=1S/C19H25N5O/c1-12-20-18(22-15-8-6-13(10-15)11-25)24-19(21-12)23-17-9-7-14-4-2-3-5-16(14)17/h2-5,13,15,17,25H,6-11H2,1H3,(H2,20,21,22,23,24)/t13-,15+,17+/m1/s1. The first-order chi connectivity index (χ1) is 12.2. The highest BCUT2D eigenvalue weighted by molar-refractivity contribution is 5.42. The lowest BCUT2D eigenvalue weighted by Gasteiger charge is -2.17. The summed E-state index contributed by atoms with van der Waals surface area (Å²) in [6.45, 7) is 2.16. The van der Waals surface area contributed by atoms with Gasteiger partial charge in [0.1, 0.15) is 5.82 Å². The van der Waals surface area contributed by atoms with Crippen molar-refractivity contribution < 1.29 is 5.11 Å². The Bertz CT molecular complexity index is 750. The Balaban J connectivity index is 1.47. The van der Waals surface area contributed by atoms with Crippen LogP contribution >= 0.6 is 0 Å². The van der Waals surface area contributed by atoms with Crippen molar-refractivity contribution in [3.05, 3.63) is 41.2 Å². The molecule has 1 aromatic carbocycles. The van der Waals surface area contributed by atoms with Gasteiger partial charge in [-0.25, -0.2) is 0 Å². The van der Waals surface area contributed by atoms with Crippen molar-refractivity contribution >= 4 is 11.9 Å². The van der Waals surface area contributed by atoms with Gasteiger partial charge in [-0.1, -0.05) is 24.3 Å². The molecule has 0 radical (unpaired) electrons. The van der Waals surface area contributed by atoms with Gasteiger partial charge in [-0.3, -0.25) is 0 Å². The van der Waals surface area contributed by atoms with E-state index in [9.17, 15) is 5.11 Å². The number of hydrogen-bond acceptors (Lipinski definition) is 6. The molecule has 1 heterocycles. The number of aliphatic hydroxyl groups is 1. The van der Waals surface area contributed by atoms with Gasteiger partial charge in [-0.2, -0.15) is 15.0 Å². The number of benzene rings is 1. The van der Waals surface area contributed by atoms with Crippen LogP contribution in [-0.4, -0.2) is 32.7 Å². The van der Waals surface area contributed by atoms with Crippen LogP contribution in [0.25, 0.3) is 0 Å². The third-order valence-corrected chi connectivity index (χ3v) is 5.32. The molecule has 4 rings (SSSR count). The molecule has 1 aromatic heterocycles. The van der Waals surface area contributed by atoms with E-state index >= 15 is 0 Å². The Hall–Kier alpha value is -2.21. The maximum absolute atomic E-state index is 9.30. The third kappa shape index (κ3) is 3.58. The molecule has 25 heavy (non-hydrogen) atoms. The van der Waals surface area contributed by atoms with Crippen molar-refractivity contribution in [2.75, 3.05) is 17.2 Å². The van der Waals surface area contributed by atoms with Crippen molar-refractivity contribution in [1.29, 1.82) is 0 Å². The number of aryl methyl sites for hydroxylation is 2. The zero-order valence-corrected chi connectivity index (χ0v) is 14.6. The average molecular weight is 339 g/mol. The lowest BCUT2D eigenvalue weighted by atomic mass is 10.1. The summed E-state index contributed by atoms with van der Waals surface area (Å²) in [6.07, 6.45) is 5.23. The van der Waals surface area contributed by atoms with Crippen molar-refractivity contribution in [2.24, 2.45) is 5.92 Å². The van der Waals surface area contributed by atoms with Crippen LogP contribution in [0.15, 0.2) is 24.3 Å². The van der Waals surface area contributed by atoms with E-state index in [4.69, 9.17) is 0 Å². The molecule has 2 aliphatic rings. The van der Waals surface area contributed by atoms with Crippen molar-refractivity contribution in [1.82, 2.24) is 15.0 Å². The summed E-state index contributed by atoms with van der Waals surface area (Å²) in [7, 11) is 0. The maximum Gasteiger partial charge on any atom is 0.228 e. The number of aliphatic hydroxyl groups excluding tert-OH is 1. The smallest absolute Gasteiger partial charge is 0.228 e. The third-order valence-electron chi connectivity index (χ3n) is 5.32. The van der Waals surface area contributed by atoms with E-state index in [1.807, 2.05) is 6.92 Å². The highest BCUT2D eigenvalue weighted by atomic mass is 16.3. The molecule has 0 saturated heterocycles. The molecule has 2 aromatic rings. The highest BCUT2D eigenvalue weighted by Gasteiger charge is 2.25. The Morgan fingerprint density at radius 3 is 2.64 bits per heavy atom. The van der Waals surface area contributed by atoms with Crippen LogP contribution in [-0.2, 0) is 6.42 Å². The van der Waals surface area contributed by atoms with Crippen LogP contribution in [0, 0.1) is 12.8 Å². The minimum absolute atomic E-state index is 0.260. The van der Waals surface area contributed by atoms with Gasteiger partial charge in [0.05, 0.1) is 6.04 Å². The molecule has 2 aliphatic carbocycles. The average Bonchev–Trinajstić information content (AvgIpc) is 3.22. The summed E-state index contributed by atoms with van der Waals surface area (Å²) < 4.78 is 0. The second kappa shape index (κ2) is 6.96. The van der Waals surface area contributed by atoms with E-state index in [0.717, 1.165) is 32.1 Å². The second-order valence-corrected chi connectivity index (χ2v) is 7.17. The molecule has 132 valence electrons. The Kier molecular flexibility index (Phi) is 4.53. The molecule has 0 bridgehead atoms. The van der Waals surface area contributed by atoms with Gasteiger partial charge in [0.15, 0.2) is 0 Å². The van der Waals surface area contributed by atoms with Gasteiger partial charge in [0, 0.05) is 12.6 Å². The van der Waals surface area contributed by atoms with Crippen molar-refractivity contribution in [3.8, 4) is 0 Å². The molecule has 0 spiro atoms. The molecule has 6 heteroatoms. The van der Waals surface area contributed by atoms with Crippen LogP contribution < -0.4 is 10.6 Å². The van der Waals surface area contributed by atoms with Crippen LogP contribution in [0.3, 0.4) is 0 Å². The van der Waals surface area contributed by atoms with Gasteiger partial charge in [0.2, 0.25) is 11.9 Å².